The molecule has 0 unspecified atom stereocenters. The van der Waals surface area contributed by atoms with Crippen LogP contribution in [0.1, 0.15) is 32.6 Å². The van der Waals surface area contributed by atoms with E-state index >= 15 is 0 Å². The third-order valence-corrected chi connectivity index (χ3v) is 6.40. The van der Waals surface area contributed by atoms with Crippen LogP contribution in [0, 0.1) is 0 Å². The third kappa shape index (κ3) is 5.15. The van der Waals surface area contributed by atoms with Crippen molar-refractivity contribution < 1.29 is 23.8 Å². The van der Waals surface area contributed by atoms with E-state index in [2.05, 4.69) is 0 Å². The predicted molar refractivity (Wildman–Crippen MR) is 146 cm³/mol. The minimum Gasteiger partial charge on any atom is -0.497 e. The molecule has 4 aromatic carbocycles. The zero-order valence-corrected chi connectivity index (χ0v) is 21.2. The molecule has 0 fully saturated rings. The van der Waals surface area contributed by atoms with Crippen LogP contribution in [0.3, 0.4) is 0 Å². The van der Waals surface area contributed by atoms with E-state index in [1.807, 2.05) is 78.9 Å². The Morgan fingerprint density at radius 2 is 1.39 bits per heavy atom. The molecule has 2 amide bonds. The molecule has 38 heavy (non-hydrogen) atoms. The lowest BCUT2D eigenvalue weighted by Gasteiger charge is -2.29. The summed E-state index contributed by atoms with van der Waals surface area (Å²) in [7, 11) is 3.18. The number of amides is 2. The average molecular weight is 506 g/mol. The molecule has 0 saturated heterocycles. The molecule has 6 heteroatoms. The van der Waals surface area contributed by atoms with E-state index < -0.39 is 0 Å². The van der Waals surface area contributed by atoms with Crippen molar-refractivity contribution >= 4 is 23.5 Å². The third-order valence-electron chi connectivity index (χ3n) is 6.40. The van der Waals surface area contributed by atoms with Gasteiger partial charge in [0.2, 0.25) is 0 Å². The van der Waals surface area contributed by atoms with Gasteiger partial charge in [0, 0.05) is 11.1 Å². The Labute approximate surface area is 221 Å². The van der Waals surface area contributed by atoms with Gasteiger partial charge in [-0.25, -0.2) is 0 Å². The summed E-state index contributed by atoms with van der Waals surface area (Å²) in [4.78, 5) is 28.3. The van der Waals surface area contributed by atoms with Crippen LogP contribution in [-0.4, -0.2) is 30.9 Å². The first-order chi connectivity index (χ1) is 18.6. The van der Waals surface area contributed by atoms with Crippen LogP contribution in [0.15, 0.2) is 97.1 Å². The zero-order chi connectivity index (χ0) is 26.5. The van der Waals surface area contributed by atoms with E-state index in [1.54, 1.807) is 38.5 Å². The number of carbonyl (C=O) groups excluding carboxylic acids is 2. The Hall–Kier alpha value is -4.84. The summed E-state index contributed by atoms with van der Waals surface area (Å²) in [6, 6.07) is 29.9. The second kappa shape index (κ2) is 11.0. The molecular formula is C32H27NO5. The number of rotatable bonds is 8. The van der Waals surface area contributed by atoms with E-state index in [0.717, 1.165) is 16.7 Å². The number of hydrogen-bond donors (Lipinski definition) is 0. The van der Waals surface area contributed by atoms with Gasteiger partial charge in [-0.3, -0.25) is 14.5 Å². The van der Waals surface area contributed by atoms with Crippen LogP contribution < -0.4 is 14.2 Å². The highest BCUT2D eigenvalue weighted by molar-refractivity contribution is 6.33. The summed E-state index contributed by atoms with van der Waals surface area (Å²) in [5.74, 6) is 1.19. The van der Waals surface area contributed by atoms with Crippen molar-refractivity contribution in [2.24, 2.45) is 0 Å². The predicted octanol–water partition coefficient (Wildman–Crippen LogP) is 6.01. The topological polar surface area (TPSA) is 65.1 Å². The number of benzene rings is 4. The first-order valence-corrected chi connectivity index (χ1v) is 12.2. The minimum absolute atomic E-state index is 0.154. The van der Waals surface area contributed by atoms with E-state index in [9.17, 15) is 9.59 Å². The molecule has 1 aliphatic rings. The molecule has 0 aliphatic carbocycles. The number of ether oxygens (including phenoxy) is 3. The van der Waals surface area contributed by atoms with Crippen LogP contribution in [-0.2, 0) is 17.9 Å². The van der Waals surface area contributed by atoms with Crippen molar-refractivity contribution in [3.63, 3.8) is 0 Å². The summed E-state index contributed by atoms with van der Waals surface area (Å²) < 4.78 is 16.8. The van der Waals surface area contributed by atoms with Gasteiger partial charge in [0.1, 0.15) is 12.4 Å². The summed E-state index contributed by atoms with van der Waals surface area (Å²) in [5.41, 5.74) is 4.14. The minimum atomic E-state index is -0.355. The number of imide groups is 1. The van der Waals surface area contributed by atoms with E-state index in [-0.39, 0.29) is 18.4 Å². The Kier molecular flexibility index (Phi) is 7.22. The van der Waals surface area contributed by atoms with Gasteiger partial charge >= 0.3 is 0 Å². The number of carbonyl (C=O) groups is 2. The molecule has 0 bridgehead atoms. The first-order valence-electron chi connectivity index (χ1n) is 12.2. The fraction of sp³-hybridized carbons (Fsp3) is 0.125. The molecule has 0 aromatic heterocycles. The number of nitrogens with zero attached hydrogens (tertiary/aromatic N) is 1. The highest BCUT2D eigenvalue weighted by Gasteiger charge is 2.34. The van der Waals surface area contributed by atoms with Crippen molar-refractivity contribution in [3.05, 3.63) is 125 Å². The van der Waals surface area contributed by atoms with Crippen LogP contribution in [0.25, 0.3) is 11.6 Å². The SMILES string of the molecule is COc1ccc(CN2C(=O)C(=Cc3ccc(OC)c(OCc4ccccc4)c3)c3ccccc3C2=O)cc1. The molecule has 1 aliphatic heterocycles. The van der Waals surface area contributed by atoms with Gasteiger partial charge in [0.05, 0.1) is 20.8 Å². The maximum atomic E-state index is 13.7. The molecule has 0 atom stereocenters. The quantitative estimate of drug-likeness (QED) is 0.217. The number of fused-ring (bicyclic) bond motifs is 1. The van der Waals surface area contributed by atoms with Crippen LogP contribution in [0.2, 0.25) is 0 Å². The first kappa shape index (κ1) is 24.8. The molecule has 0 radical (unpaired) electrons. The maximum absolute atomic E-state index is 13.7. The Bertz CT molecular complexity index is 1490. The fourth-order valence-corrected chi connectivity index (χ4v) is 4.40. The molecule has 5 rings (SSSR count). The molecule has 0 N–H and O–H groups in total. The Morgan fingerprint density at radius 1 is 0.684 bits per heavy atom. The zero-order valence-electron chi connectivity index (χ0n) is 21.2. The average Bonchev–Trinajstić information content (AvgIpc) is 2.97. The molecule has 190 valence electrons. The normalized spacial score (nSPS) is 13.8. The van der Waals surface area contributed by atoms with Crippen LogP contribution in [0.4, 0.5) is 0 Å². The molecule has 0 saturated carbocycles. The lowest BCUT2D eigenvalue weighted by molar-refractivity contribution is -0.123. The van der Waals surface area contributed by atoms with Gasteiger partial charge in [0.15, 0.2) is 11.5 Å². The Morgan fingerprint density at radius 3 is 2.11 bits per heavy atom. The van der Waals surface area contributed by atoms with Gasteiger partial charge in [-0.15, -0.1) is 0 Å². The summed E-state index contributed by atoms with van der Waals surface area (Å²) in [5, 5.41) is 0. The number of methoxy groups -OCH3 is 2. The highest BCUT2D eigenvalue weighted by atomic mass is 16.5. The van der Waals surface area contributed by atoms with Crippen molar-refractivity contribution in [1.29, 1.82) is 0 Å². The summed E-state index contributed by atoms with van der Waals surface area (Å²) in [6.07, 6.45) is 1.80. The van der Waals surface area contributed by atoms with Crippen molar-refractivity contribution in [2.45, 2.75) is 13.2 Å². The van der Waals surface area contributed by atoms with Crippen LogP contribution >= 0.6 is 0 Å². The van der Waals surface area contributed by atoms with Gasteiger partial charge in [0.25, 0.3) is 11.8 Å². The van der Waals surface area contributed by atoms with Gasteiger partial charge in [-0.05, 0) is 58.7 Å². The molecule has 4 aromatic rings. The van der Waals surface area contributed by atoms with Gasteiger partial charge in [-0.1, -0.05) is 66.7 Å². The molecular weight excluding hydrogens is 478 g/mol. The highest BCUT2D eigenvalue weighted by Crippen LogP contribution is 2.34. The molecule has 1 heterocycles. The smallest absolute Gasteiger partial charge is 0.261 e. The molecule has 6 nitrogen and oxygen atoms in total. The van der Waals surface area contributed by atoms with Gasteiger partial charge < -0.3 is 14.2 Å². The summed E-state index contributed by atoms with van der Waals surface area (Å²) >= 11 is 0. The van der Waals surface area contributed by atoms with Crippen molar-refractivity contribution in [1.82, 2.24) is 4.90 Å². The van der Waals surface area contributed by atoms with Gasteiger partial charge in [-0.2, -0.15) is 0 Å². The lowest BCUT2D eigenvalue weighted by atomic mass is 9.91. The second-order valence-corrected chi connectivity index (χ2v) is 8.83. The second-order valence-electron chi connectivity index (χ2n) is 8.83. The van der Waals surface area contributed by atoms with Crippen LogP contribution in [0.5, 0.6) is 17.2 Å². The van der Waals surface area contributed by atoms with Crippen molar-refractivity contribution in [3.8, 4) is 17.2 Å². The number of hydrogen-bond acceptors (Lipinski definition) is 5. The standard InChI is InChI=1S/C32H27NO5/c1-36-25-15-12-22(13-16-25)20-33-31(34)27-11-7-6-10-26(27)28(32(33)35)18-24-14-17-29(37-2)30(19-24)38-21-23-8-4-3-5-9-23/h3-19H,20-21H2,1-2H3. The summed E-state index contributed by atoms with van der Waals surface area (Å²) in [6.45, 7) is 0.532. The largest absolute Gasteiger partial charge is 0.497 e. The van der Waals surface area contributed by atoms with E-state index in [0.29, 0.717) is 40.6 Å². The Balaban J connectivity index is 1.49. The lowest BCUT2D eigenvalue weighted by Crippen LogP contribution is -2.41. The van der Waals surface area contributed by atoms with E-state index in [1.165, 1.54) is 4.90 Å². The monoisotopic (exact) mass is 505 g/mol. The van der Waals surface area contributed by atoms with E-state index in [4.69, 9.17) is 14.2 Å². The molecule has 0 spiro atoms. The maximum Gasteiger partial charge on any atom is 0.261 e. The van der Waals surface area contributed by atoms with Crippen molar-refractivity contribution in [2.75, 3.05) is 14.2 Å². The fourth-order valence-electron chi connectivity index (χ4n) is 4.40.